The summed E-state index contributed by atoms with van der Waals surface area (Å²) in [6, 6.07) is 4.52. The smallest absolute Gasteiger partial charge is 0.139 e. The molecule has 1 saturated carbocycles. The van der Waals surface area contributed by atoms with Crippen molar-refractivity contribution in [3.8, 4) is 6.07 Å². The number of nitrogens with one attached hydrogen (secondary N) is 1. The SMILES string of the molecule is C=CCc1nc2cnc3[nH]ccc3c2n1C1(CCC)CCC(C)(CC#N)CC1. The summed E-state index contributed by atoms with van der Waals surface area (Å²) >= 11 is 0. The highest BCUT2D eigenvalue weighted by Crippen LogP contribution is 2.50. The van der Waals surface area contributed by atoms with Gasteiger partial charge in [0.25, 0.3) is 0 Å². The molecule has 1 fully saturated rings. The minimum absolute atomic E-state index is 0.0440. The van der Waals surface area contributed by atoms with Crippen LogP contribution >= 0.6 is 0 Å². The van der Waals surface area contributed by atoms with E-state index in [0.717, 1.165) is 67.3 Å². The first-order valence-corrected chi connectivity index (χ1v) is 10.4. The van der Waals surface area contributed by atoms with Gasteiger partial charge in [-0.3, -0.25) is 0 Å². The van der Waals surface area contributed by atoms with E-state index in [-0.39, 0.29) is 11.0 Å². The highest BCUT2D eigenvalue weighted by atomic mass is 15.2. The first-order chi connectivity index (χ1) is 13.6. The number of nitrogens with zero attached hydrogens (tertiary/aromatic N) is 4. The summed E-state index contributed by atoms with van der Waals surface area (Å²) in [4.78, 5) is 12.8. The Labute approximate surface area is 166 Å². The van der Waals surface area contributed by atoms with E-state index in [0.29, 0.717) is 6.42 Å². The number of pyridine rings is 1. The fourth-order valence-electron chi connectivity index (χ4n) is 5.13. The van der Waals surface area contributed by atoms with E-state index in [9.17, 15) is 5.26 Å². The zero-order chi connectivity index (χ0) is 19.8. The Morgan fingerprint density at radius 3 is 2.82 bits per heavy atom. The van der Waals surface area contributed by atoms with Gasteiger partial charge in [0.15, 0.2) is 0 Å². The lowest BCUT2D eigenvalue weighted by Gasteiger charge is -2.46. The summed E-state index contributed by atoms with van der Waals surface area (Å²) in [5.41, 5.74) is 3.25. The number of hydrogen-bond donors (Lipinski definition) is 1. The second-order valence-corrected chi connectivity index (χ2v) is 8.71. The number of rotatable bonds is 6. The molecular weight excluding hydrogens is 346 g/mol. The van der Waals surface area contributed by atoms with E-state index in [1.54, 1.807) is 0 Å². The monoisotopic (exact) mass is 375 g/mol. The lowest BCUT2D eigenvalue weighted by molar-refractivity contribution is 0.0909. The Balaban J connectivity index is 1.91. The van der Waals surface area contributed by atoms with E-state index < -0.39 is 0 Å². The van der Waals surface area contributed by atoms with Crippen molar-refractivity contribution < 1.29 is 0 Å². The van der Waals surface area contributed by atoms with Crippen LogP contribution in [0.2, 0.25) is 0 Å². The van der Waals surface area contributed by atoms with Crippen molar-refractivity contribution in [2.45, 2.75) is 70.8 Å². The molecule has 0 atom stereocenters. The summed E-state index contributed by atoms with van der Waals surface area (Å²) < 4.78 is 2.53. The first kappa shape index (κ1) is 18.7. The van der Waals surface area contributed by atoms with Crippen LogP contribution in [-0.4, -0.2) is 19.5 Å². The molecule has 1 aliphatic rings. The Bertz CT molecular complexity index is 1040. The highest BCUT2D eigenvalue weighted by molar-refractivity contribution is 6.01. The van der Waals surface area contributed by atoms with Crippen molar-refractivity contribution >= 4 is 22.1 Å². The molecule has 4 rings (SSSR count). The maximum Gasteiger partial charge on any atom is 0.139 e. The molecule has 0 aromatic carbocycles. The van der Waals surface area contributed by atoms with Crippen LogP contribution in [0.5, 0.6) is 0 Å². The molecule has 0 bridgehead atoms. The average Bonchev–Trinajstić information content (AvgIpc) is 3.29. The molecule has 3 heterocycles. The van der Waals surface area contributed by atoms with Gasteiger partial charge in [0.05, 0.1) is 17.8 Å². The fourth-order valence-corrected chi connectivity index (χ4v) is 5.13. The lowest BCUT2D eigenvalue weighted by Crippen LogP contribution is -2.41. The topological polar surface area (TPSA) is 70.3 Å². The Morgan fingerprint density at radius 2 is 2.14 bits per heavy atom. The molecule has 1 N–H and O–H groups in total. The van der Waals surface area contributed by atoms with Gasteiger partial charge in [-0.1, -0.05) is 26.3 Å². The third kappa shape index (κ3) is 2.92. The Kier molecular flexibility index (Phi) is 4.74. The molecule has 5 nitrogen and oxygen atoms in total. The third-order valence-electron chi connectivity index (χ3n) is 6.68. The molecule has 0 spiro atoms. The number of nitriles is 1. The molecule has 1 aliphatic carbocycles. The predicted molar refractivity (Wildman–Crippen MR) is 113 cm³/mol. The van der Waals surface area contributed by atoms with Gasteiger partial charge < -0.3 is 9.55 Å². The van der Waals surface area contributed by atoms with E-state index in [4.69, 9.17) is 4.98 Å². The second kappa shape index (κ2) is 7.09. The first-order valence-electron chi connectivity index (χ1n) is 10.4. The quantitative estimate of drug-likeness (QED) is 0.568. The van der Waals surface area contributed by atoms with Crippen LogP contribution < -0.4 is 0 Å². The molecule has 146 valence electrons. The van der Waals surface area contributed by atoms with Crippen LogP contribution in [0.1, 0.15) is 64.6 Å². The van der Waals surface area contributed by atoms with Gasteiger partial charge in [-0.25, -0.2) is 9.97 Å². The lowest BCUT2D eigenvalue weighted by atomic mass is 9.65. The number of allylic oxidation sites excluding steroid dienone is 1. The Morgan fingerprint density at radius 1 is 1.36 bits per heavy atom. The number of H-pyrrole nitrogens is 1. The fraction of sp³-hybridized carbons (Fsp3) is 0.522. The molecule has 0 unspecified atom stereocenters. The third-order valence-corrected chi connectivity index (χ3v) is 6.68. The van der Waals surface area contributed by atoms with Gasteiger partial charge in [-0.15, -0.1) is 6.58 Å². The molecule has 5 heteroatoms. The molecular formula is C23H29N5. The van der Waals surface area contributed by atoms with Crippen molar-refractivity contribution in [2.24, 2.45) is 5.41 Å². The number of fused-ring (bicyclic) bond motifs is 3. The molecule has 3 aromatic heterocycles. The van der Waals surface area contributed by atoms with Crippen LogP contribution in [0, 0.1) is 16.7 Å². The number of hydrogen-bond acceptors (Lipinski definition) is 3. The van der Waals surface area contributed by atoms with Gasteiger partial charge in [0, 0.05) is 30.0 Å². The van der Waals surface area contributed by atoms with E-state index in [1.165, 1.54) is 5.52 Å². The van der Waals surface area contributed by atoms with E-state index >= 15 is 0 Å². The summed E-state index contributed by atoms with van der Waals surface area (Å²) in [5, 5.41) is 10.4. The van der Waals surface area contributed by atoms with E-state index in [2.05, 4.69) is 47.1 Å². The summed E-state index contributed by atoms with van der Waals surface area (Å²) in [6.45, 7) is 8.51. The molecule has 0 aliphatic heterocycles. The standard InChI is InChI=1S/C23H29N5/c1-4-6-19-27-18-16-26-21-17(7-15-25-21)20(18)28(19)23(8-5-2)11-9-22(3,10-12-23)13-14-24/h4,7,15-16H,1,5-6,8-13H2,2-3H3,(H,25,26). The van der Waals surface area contributed by atoms with Crippen LogP contribution in [-0.2, 0) is 12.0 Å². The highest BCUT2D eigenvalue weighted by Gasteiger charge is 2.42. The van der Waals surface area contributed by atoms with Crippen molar-refractivity contribution in [1.82, 2.24) is 19.5 Å². The van der Waals surface area contributed by atoms with Crippen molar-refractivity contribution in [3.63, 3.8) is 0 Å². The van der Waals surface area contributed by atoms with Gasteiger partial charge in [0.2, 0.25) is 0 Å². The number of aromatic nitrogens is 4. The summed E-state index contributed by atoms with van der Waals surface area (Å²) in [7, 11) is 0. The second-order valence-electron chi connectivity index (χ2n) is 8.71. The van der Waals surface area contributed by atoms with Crippen LogP contribution in [0.3, 0.4) is 0 Å². The van der Waals surface area contributed by atoms with Gasteiger partial charge in [-0.2, -0.15) is 5.26 Å². The minimum Gasteiger partial charge on any atom is -0.346 e. The summed E-state index contributed by atoms with van der Waals surface area (Å²) in [5.74, 6) is 1.08. The zero-order valence-electron chi connectivity index (χ0n) is 17.0. The van der Waals surface area contributed by atoms with Gasteiger partial charge in [0.1, 0.15) is 17.0 Å². The predicted octanol–water partition coefficient (Wildman–Crippen LogP) is 5.63. The average molecular weight is 376 g/mol. The number of imidazole rings is 1. The maximum atomic E-state index is 9.26. The largest absolute Gasteiger partial charge is 0.346 e. The maximum absolute atomic E-state index is 9.26. The molecule has 0 amide bonds. The normalized spacial score (nSPS) is 25.2. The van der Waals surface area contributed by atoms with E-state index in [1.807, 2.05) is 18.5 Å². The number of aromatic amines is 1. The molecule has 0 saturated heterocycles. The minimum atomic E-state index is 0.0440. The van der Waals surface area contributed by atoms with Crippen LogP contribution in [0.15, 0.2) is 31.1 Å². The summed E-state index contributed by atoms with van der Waals surface area (Å²) in [6.07, 6.45) is 13.8. The van der Waals surface area contributed by atoms with Crippen molar-refractivity contribution in [1.29, 1.82) is 5.26 Å². The van der Waals surface area contributed by atoms with Gasteiger partial charge >= 0.3 is 0 Å². The zero-order valence-corrected chi connectivity index (χ0v) is 17.0. The molecule has 0 radical (unpaired) electrons. The Hall–Kier alpha value is -2.61. The van der Waals surface area contributed by atoms with Crippen LogP contribution in [0.4, 0.5) is 0 Å². The molecule has 28 heavy (non-hydrogen) atoms. The van der Waals surface area contributed by atoms with Crippen molar-refractivity contribution in [2.75, 3.05) is 0 Å². The van der Waals surface area contributed by atoms with Crippen LogP contribution in [0.25, 0.3) is 22.1 Å². The molecule has 3 aromatic rings. The van der Waals surface area contributed by atoms with Gasteiger partial charge in [-0.05, 0) is 43.6 Å². The van der Waals surface area contributed by atoms with Crippen molar-refractivity contribution in [3.05, 3.63) is 36.9 Å².